The number of rotatable bonds is 1. The van der Waals surface area contributed by atoms with Gasteiger partial charge in [-0.2, -0.15) is 0 Å². The Morgan fingerprint density at radius 3 is 2.86 bits per heavy atom. The molecule has 14 heavy (non-hydrogen) atoms. The fourth-order valence-corrected chi connectivity index (χ4v) is 3.34. The molecule has 0 radical (unpaired) electrons. The van der Waals surface area contributed by atoms with Crippen LogP contribution in [0, 0.1) is 19.9 Å². The standard InChI is InChI=1S/C9H6INO2S/c1-5-2-3-6-4-7(10)14-9(6)8(5)11(12)13/h2-4H,1H3. The Hall–Kier alpha value is -0.690. The van der Waals surface area contributed by atoms with Crippen LogP contribution in [-0.2, 0) is 0 Å². The van der Waals surface area contributed by atoms with E-state index in [-0.39, 0.29) is 10.6 Å². The lowest BCUT2D eigenvalue weighted by molar-refractivity contribution is -0.383. The van der Waals surface area contributed by atoms with E-state index in [4.69, 9.17) is 0 Å². The molecule has 0 fully saturated rings. The largest absolute Gasteiger partial charge is 0.289 e. The van der Waals surface area contributed by atoms with Gasteiger partial charge in [0, 0.05) is 10.9 Å². The Balaban J connectivity index is 2.88. The molecule has 1 heterocycles. The highest BCUT2D eigenvalue weighted by Crippen LogP contribution is 2.36. The summed E-state index contributed by atoms with van der Waals surface area (Å²) >= 11 is 3.65. The van der Waals surface area contributed by atoms with Crippen molar-refractivity contribution < 1.29 is 4.92 Å². The lowest BCUT2D eigenvalue weighted by atomic mass is 10.1. The summed E-state index contributed by atoms with van der Waals surface area (Å²) < 4.78 is 1.85. The quantitative estimate of drug-likeness (QED) is 0.457. The summed E-state index contributed by atoms with van der Waals surface area (Å²) in [4.78, 5) is 10.6. The van der Waals surface area contributed by atoms with Crippen LogP contribution in [0.2, 0.25) is 0 Å². The van der Waals surface area contributed by atoms with Gasteiger partial charge in [-0.25, -0.2) is 0 Å². The lowest BCUT2D eigenvalue weighted by Crippen LogP contribution is -1.90. The minimum Gasteiger partial charge on any atom is -0.258 e. The third-order valence-corrected chi connectivity index (χ3v) is 3.93. The summed E-state index contributed by atoms with van der Waals surface area (Å²) in [5.41, 5.74) is 0.969. The summed E-state index contributed by atoms with van der Waals surface area (Å²) in [5.74, 6) is 0. The molecule has 0 unspecified atom stereocenters. The van der Waals surface area contributed by atoms with E-state index in [1.54, 1.807) is 13.0 Å². The van der Waals surface area contributed by atoms with Crippen molar-refractivity contribution in [2.24, 2.45) is 0 Å². The Kier molecular flexibility index (Phi) is 2.44. The molecular weight excluding hydrogens is 313 g/mol. The topological polar surface area (TPSA) is 43.1 Å². The molecule has 0 atom stereocenters. The van der Waals surface area contributed by atoms with Crippen molar-refractivity contribution in [3.8, 4) is 0 Å². The first-order valence-electron chi connectivity index (χ1n) is 3.92. The maximum Gasteiger partial charge on any atom is 0.289 e. The second kappa shape index (κ2) is 3.47. The number of halogens is 1. The number of nitrogens with zero attached hydrogens (tertiary/aromatic N) is 1. The average Bonchev–Trinajstić information content (AvgIpc) is 2.43. The van der Waals surface area contributed by atoms with Crippen LogP contribution in [0.3, 0.4) is 0 Å². The molecule has 2 rings (SSSR count). The van der Waals surface area contributed by atoms with E-state index < -0.39 is 0 Å². The fraction of sp³-hybridized carbons (Fsp3) is 0.111. The molecule has 3 nitrogen and oxygen atoms in total. The summed E-state index contributed by atoms with van der Waals surface area (Å²) in [5, 5.41) is 11.8. The number of hydrogen-bond donors (Lipinski definition) is 0. The van der Waals surface area contributed by atoms with Crippen LogP contribution in [-0.4, -0.2) is 4.92 Å². The number of aryl methyl sites for hydroxylation is 1. The SMILES string of the molecule is Cc1ccc2cc(I)sc2c1[N+](=O)[O-]. The van der Waals surface area contributed by atoms with Crippen molar-refractivity contribution >= 4 is 49.7 Å². The van der Waals surface area contributed by atoms with Crippen LogP contribution in [0.1, 0.15) is 5.56 Å². The summed E-state index contributed by atoms with van der Waals surface area (Å²) in [6, 6.07) is 5.69. The van der Waals surface area contributed by atoms with Gasteiger partial charge < -0.3 is 0 Å². The van der Waals surface area contributed by atoms with Gasteiger partial charge in [-0.3, -0.25) is 10.1 Å². The first kappa shape index (κ1) is 9.85. The second-order valence-electron chi connectivity index (χ2n) is 2.96. The molecule has 1 aromatic carbocycles. The van der Waals surface area contributed by atoms with E-state index in [2.05, 4.69) is 22.6 Å². The van der Waals surface area contributed by atoms with E-state index in [1.807, 2.05) is 12.1 Å². The van der Waals surface area contributed by atoms with E-state index in [0.717, 1.165) is 18.5 Å². The molecule has 0 bridgehead atoms. The third kappa shape index (κ3) is 1.50. The van der Waals surface area contributed by atoms with Crippen LogP contribution in [0.4, 0.5) is 5.69 Å². The summed E-state index contributed by atoms with van der Waals surface area (Å²) in [7, 11) is 0. The van der Waals surface area contributed by atoms with Crippen molar-refractivity contribution in [2.75, 3.05) is 0 Å². The van der Waals surface area contributed by atoms with Crippen LogP contribution in [0.15, 0.2) is 18.2 Å². The zero-order chi connectivity index (χ0) is 10.3. The Morgan fingerprint density at radius 2 is 2.21 bits per heavy atom. The predicted molar refractivity (Wildman–Crippen MR) is 65.9 cm³/mol. The number of thiophene rings is 1. The van der Waals surface area contributed by atoms with E-state index >= 15 is 0 Å². The van der Waals surface area contributed by atoms with Gasteiger partial charge in [-0.15, -0.1) is 11.3 Å². The van der Waals surface area contributed by atoms with Gasteiger partial charge in [0.25, 0.3) is 5.69 Å². The highest BCUT2D eigenvalue weighted by Gasteiger charge is 2.17. The normalized spacial score (nSPS) is 10.7. The maximum atomic E-state index is 10.9. The van der Waals surface area contributed by atoms with Gasteiger partial charge in [0.1, 0.15) is 4.70 Å². The zero-order valence-corrected chi connectivity index (χ0v) is 10.3. The summed E-state index contributed by atoms with van der Waals surface area (Å²) in [6.45, 7) is 1.77. The molecule has 0 aliphatic carbocycles. The molecule has 1 aromatic heterocycles. The molecule has 0 spiro atoms. The van der Waals surface area contributed by atoms with Gasteiger partial charge in [-0.05, 0) is 35.6 Å². The number of nitro groups is 1. The first-order chi connectivity index (χ1) is 6.59. The minimum atomic E-state index is -0.301. The number of fused-ring (bicyclic) bond motifs is 1. The smallest absolute Gasteiger partial charge is 0.258 e. The second-order valence-corrected chi connectivity index (χ2v) is 5.90. The molecule has 0 saturated carbocycles. The molecule has 0 saturated heterocycles. The fourth-order valence-electron chi connectivity index (χ4n) is 1.38. The lowest BCUT2D eigenvalue weighted by Gasteiger charge is -1.96. The first-order valence-corrected chi connectivity index (χ1v) is 5.82. The van der Waals surface area contributed by atoms with E-state index in [9.17, 15) is 10.1 Å². The van der Waals surface area contributed by atoms with Crippen molar-refractivity contribution in [3.05, 3.63) is 36.8 Å². The molecule has 72 valence electrons. The van der Waals surface area contributed by atoms with Gasteiger partial charge in [0.2, 0.25) is 0 Å². The molecule has 0 aliphatic rings. The van der Waals surface area contributed by atoms with E-state index in [1.165, 1.54) is 11.3 Å². The average molecular weight is 319 g/mol. The van der Waals surface area contributed by atoms with Crippen molar-refractivity contribution in [3.63, 3.8) is 0 Å². The molecule has 0 amide bonds. The van der Waals surface area contributed by atoms with Crippen LogP contribution < -0.4 is 0 Å². The molecule has 5 heteroatoms. The van der Waals surface area contributed by atoms with Crippen LogP contribution in [0.5, 0.6) is 0 Å². The number of hydrogen-bond acceptors (Lipinski definition) is 3. The van der Waals surface area contributed by atoms with Gasteiger partial charge in [0.15, 0.2) is 0 Å². The molecule has 0 aliphatic heterocycles. The Morgan fingerprint density at radius 1 is 1.50 bits per heavy atom. The van der Waals surface area contributed by atoms with Crippen molar-refractivity contribution in [2.45, 2.75) is 6.92 Å². The third-order valence-electron chi connectivity index (χ3n) is 2.01. The summed E-state index contributed by atoms with van der Waals surface area (Å²) in [6.07, 6.45) is 0. The van der Waals surface area contributed by atoms with Crippen LogP contribution >= 0.6 is 33.9 Å². The molecule has 0 N–H and O–H groups in total. The highest BCUT2D eigenvalue weighted by atomic mass is 127. The Labute approximate surface area is 98.0 Å². The van der Waals surface area contributed by atoms with Gasteiger partial charge in [0.05, 0.1) is 7.81 Å². The maximum absolute atomic E-state index is 10.9. The van der Waals surface area contributed by atoms with Crippen molar-refractivity contribution in [1.29, 1.82) is 0 Å². The van der Waals surface area contributed by atoms with E-state index in [0.29, 0.717) is 0 Å². The van der Waals surface area contributed by atoms with Crippen molar-refractivity contribution in [1.82, 2.24) is 0 Å². The molecular formula is C9H6INO2S. The number of nitro benzene ring substituents is 1. The van der Waals surface area contributed by atoms with Gasteiger partial charge >= 0.3 is 0 Å². The predicted octanol–water partition coefficient (Wildman–Crippen LogP) is 3.72. The zero-order valence-electron chi connectivity index (χ0n) is 7.28. The Bertz CT molecular complexity index is 521. The minimum absolute atomic E-state index is 0.246. The van der Waals surface area contributed by atoms with Crippen LogP contribution in [0.25, 0.3) is 10.1 Å². The monoisotopic (exact) mass is 319 g/mol. The molecule has 2 aromatic rings. The highest BCUT2D eigenvalue weighted by molar-refractivity contribution is 14.1. The van der Waals surface area contributed by atoms with Gasteiger partial charge in [-0.1, -0.05) is 12.1 Å². The number of benzene rings is 1.